The SMILES string of the molecule is C=CC(=O)OCCCCCCCCc1cc(-c2ccc(-c3cc(CCCCCCCCOC(=O)C=C)c(C4=CC=C5c6ccc(C)cc6[Si](C)(C)C5C4)s3)c3nsnc23)sc1C. The molecule has 1 unspecified atom stereocenters. The van der Waals surface area contributed by atoms with Crippen molar-refractivity contribution in [3.05, 3.63) is 112 Å². The van der Waals surface area contributed by atoms with Crippen LogP contribution in [0, 0.1) is 13.8 Å². The molecule has 0 N–H and O–H groups in total. The molecule has 2 aromatic carbocycles. The van der Waals surface area contributed by atoms with Gasteiger partial charge in [0.1, 0.15) is 11.0 Å². The predicted octanol–water partition coefficient (Wildman–Crippen LogP) is 14.2. The minimum absolute atomic E-state index is 0.335. The van der Waals surface area contributed by atoms with Crippen molar-refractivity contribution in [3.8, 4) is 20.9 Å². The molecule has 326 valence electrons. The van der Waals surface area contributed by atoms with Crippen LogP contribution in [0.2, 0.25) is 18.6 Å². The van der Waals surface area contributed by atoms with Gasteiger partial charge in [0, 0.05) is 42.8 Å². The smallest absolute Gasteiger partial charge is 0.330 e. The summed E-state index contributed by atoms with van der Waals surface area (Å²) < 4.78 is 20.1. The van der Waals surface area contributed by atoms with Gasteiger partial charge < -0.3 is 9.47 Å². The van der Waals surface area contributed by atoms with Crippen LogP contribution in [0.15, 0.2) is 79.9 Å². The first-order valence-corrected chi connectivity index (χ1v) is 28.1. The van der Waals surface area contributed by atoms with E-state index < -0.39 is 8.07 Å². The van der Waals surface area contributed by atoms with Gasteiger partial charge in [-0.2, -0.15) is 8.75 Å². The molecule has 0 saturated heterocycles. The number of carbonyl (C=O) groups is 2. The molecule has 0 amide bonds. The molecule has 1 aliphatic heterocycles. The largest absolute Gasteiger partial charge is 0.463 e. The van der Waals surface area contributed by atoms with Crippen LogP contribution >= 0.6 is 34.4 Å². The molecular formula is C52H62N2O4S3Si. The molecule has 10 heteroatoms. The van der Waals surface area contributed by atoms with Crippen molar-refractivity contribution in [3.63, 3.8) is 0 Å². The molecule has 1 atom stereocenters. The maximum absolute atomic E-state index is 11.4. The normalized spacial score (nSPS) is 15.2. The highest BCUT2D eigenvalue weighted by atomic mass is 32.1. The molecular weight excluding hydrogens is 841 g/mol. The van der Waals surface area contributed by atoms with E-state index in [1.165, 1.54) is 114 Å². The Labute approximate surface area is 382 Å². The number of esters is 2. The van der Waals surface area contributed by atoms with Crippen LogP contribution in [0.1, 0.15) is 115 Å². The van der Waals surface area contributed by atoms with E-state index in [2.05, 4.69) is 94.7 Å². The number of rotatable bonds is 23. The Balaban J connectivity index is 1.06. The fourth-order valence-electron chi connectivity index (χ4n) is 9.32. The number of ether oxygens (including phenoxy) is 2. The van der Waals surface area contributed by atoms with Gasteiger partial charge >= 0.3 is 11.9 Å². The van der Waals surface area contributed by atoms with Gasteiger partial charge in [-0.25, -0.2) is 9.59 Å². The standard InChI is InChI=1S/C52H62N2O4S3Si/c1-7-48(55)57-29-19-15-11-9-13-17-21-37-32-44(59-36(37)4)42-27-28-43(51-50(42)53-61-54-51)45-33-38(22-18-14-10-12-16-20-30-58-49(56)8-2)52(60-45)39-24-26-41-40-25-23-35(3)31-46(40)62(5,6)47(41)34-39/h7-8,23-28,31-33,47H,1-2,9-22,29-30,34H2,3-6H3. The van der Waals surface area contributed by atoms with Gasteiger partial charge in [0.05, 0.1) is 33.0 Å². The van der Waals surface area contributed by atoms with Gasteiger partial charge in [-0.15, -0.1) is 22.7 Å². The Kier molecular flexibility index (Phi) is 15.8. The summed E-state index contributed by atoms with van der Waals surface area (Å²) in [7, 11) is -1.72. The van der Waals surface area contributed by atoms with E-state index in [-0.39, 0.29) is 11.9 Å². The first kappa shape index (κ1) is 45.8. The van der Waals surface area contributed by atoms with Crippen molar-refractivity contribution < 1.29 is 19.1 Å². The van der Waals surface area contributed by atoms with Crippen LogP contribution in [-0.2, 0) is 31.9 Å². The van der Waals surface area contributed by atoms with Crippen molar-refractivity contribution in [1.82, 2.24) is 8.75 Å². The maximum atomic E-state index is 11.4. The number of thiophene rings is 2. The molecule has 2 aliphatic rings. The number of aryl methyl sites for hydroxylation is 4. The summed E-state index contributed by atoms with van der Waals surface area (Å²) in [6.07, 6.45) is 24.0. The van der Waals surface area contributed by atoms with E-state index in [1.807, 2.05) is 22.7 Å². The van der Waals surface area contributed by atoms with Crippen molar-refractivity contribution >= 4 is 81.8 Å². The van der Waals surface area contributed by atoms with Gasteiger partial charge in [-0.3, -0.25) is 0 Å². The van der Waals surface area contributed by atoms with Gasteiger partial charge in [0.15, 0.2) is 0 Å². The zero-order valence-electron chi connectivity index (χ0n) is 37.1. The lowest BCUT2D eigenvalue weighted by molar-refractivity contribution is -0.138. The summed E-state index contributed by atoms with van der Waals surface area (Å²) in [5.41, 5.74) is 13.8. The average molecular weight is 903 g/mol. The number of carbonyl (C=O) groups excluding carboxylic acids is 2. The monoisotopic (exact) mass is 902 g/mol. The lowest BCUT2D eigenvalue weighted by atomic mass is 9.90. The molecule has 0 saturated carbocycles. The minimum Gasteiger partial charge on any atom is -0.463 e. The van der Waals surface area contributed by atoms with Crippen molar-refractivity contribution in [2.75, 3.05) is 13.2 Å². The molecule has 0 bridgehead atoms. The van der Waals surface area contributed by atoms with E-state index in [9.17, 15) is 9.59 Å². The highest BCUT2D eigenvalue weighted by Crippen LogP contribution is 2.52. The Morgan fingerprint density at radius 2 is 1.23 bits per heavy atom. The summed E-state index contributed by atoms with van der Waals surface area (Å²) >= 11 is 5.15. The summed E-state index contributed by atoms with van der Waals surface area (Å²) in [6.45, 7) is 17.5. The van der Waals surface area contributed by atoms with Crippen molar-refractivity contribution in [2.45, 2.75) is 129 Å². The second-order valence-corrected chi connectivity index (χ2v) is 25.1. The molecule has 62 heavy (non-hydrogen) atoms. The lowest BCUT2D eigenvalue weighted by Crippen LogP contribution is -2.42. The topological polar surface area (TPSA) is 78.4 Å². The van der Waals surface area contributed by atoms with Gasteiger partial charge in [0.25, 0.3) is 0 Å². The molecule has 0 fully saturated rings. The number of nitrogens with zero attached hydrogens (tertiary/aromatic N) is 2. The quantitative estimate of drug-likeness (QED) is 0.0281. The summed E-state index contributed by atoms with van der Waals surface area (Å²) in [5, 5.41) is 1.62. The Hall–Kier alpha value is -4.22. The third kappa shape index (κ3) is 10.7. The molecule has 0 spiro atoms. The Morgan fingerprint density at radius 1 is 0.694 bits per heavy atom. The van der Waals surface area contributed by atoms with E-state index in [4.69, 9.17) is 18.2 Å². The van der Waals surface area contributed by atoms with E-state index in [0.29, 0.717) is 18.8 Å². The third-order valence-electron chi connectivity index (χ3n) is 12.9. The summed E-state index contributed by atoms with van der Waals surface area (Å²) in [6, 6.07) is 16.6. The van der Waals surface area contributed by atoms with Crippen molar-refractivity contribution in [2.24, 2.45) is 0 Å². The first-order chi connectivity index (χ1) is 30.1. The lowest BCUT2D eigenvalue weighted by Gasteiger charge is -2.30. The second-order valence-electron chi connectivity index (χ2n) is 17.6. The average Bonchev–Trinajstić information content (AvgIpc) is 4.06. The minimum atomic E-state index is -1.72. The zero-order chi connectivity index (χ0) is 43.6. The number of hydrogen-bond acceptors (Lipinski definition) is 9. The first-order valence-electron chi connectivity index (χ1n) is 22.7. The van der Waals surface area contributed by atoms with E-state index in [1.54, 1.807) is 10.8 Å². The van der Waals surface area contributed by atoms with Crippen LogP contribution in [0.25, 0.3) is 43.1 Å². The van der Waals surface area contributed by atoms with Crippen LogP contribution in [-0.4, -0.2) is 42.0 Å². The fraction of sp³-hybridized carbons (Fsp3) is 0.423. The number of aromatic nitrogens is 2. The van der Waals surface area contributed by atoms with Gasteiger partial charge in [0.2, 0.25) is 0 Å². The molecule has 5 aromatic rings. The van der Waals surface area contributed by atoms with Crippen LogP contribution < -0.4 is 5.19 Å². The van der Waals surface area contributed by atoms with Crippen LogP contribution in [0.3, 0.4) is 0 Å². The van der Waals surface area contributed by atoms with Crippen LogP contribution in [0.5, 0.6) is 0 Å². The highest BCUT2D eigenvalue weighted by molar-refractivity contribution is 7.17. The second kappa shape index (κ2) is 21.4. The van der Waals surface area contributed by atoms with E-state index in [0.717, 1.165) is 75.2 Å². The third-order valence-corrected chi connectivity index (χ3v) is 19.9. The molecule has 0 radical (unpaired) electrons. The number of fused-ring (bicyclic) bond motifs is 4. The van der Waals surface area contributed by atoms with E-state index >= 15 is 0 Å². The number of unbranched alkanes of at least 4 members (excludes halogenated alkanes) is 10. The highest BCUT2D eigenvalue weighted by Gasteiger charge is 2.45. The number of allylic oxidation sites excluding steroid dienone is 4. The molecule has 1 aliphatic carbocycles. The number of hydrogen-bond donors (Lipinski definition) is 0. The fourth-order valence-corrected chi connectivity index (χ4v) is 15.9. The number of benzene rings is 2. The van der Waals surface area contributed by atoms with Gasteiger partial charge in [-0.05, 0) is 104 Å². The summed E-state index contributed by atoms with van der Waals surface area (Å²) in [5.74, 6) is -0.670. The predicted molar refractivity (Wildman–Crippen MR) is 267 cm³/mol. The molecule has 4 heterocycles. The molecule has 6 nitrogen and oxygen atoms in total. The van der Waals surface area contributed by atoms with Gasteiger partial charge in [-0.1, -0.05) is 131 Å². The molecule has 7 rings (SSSR count). The summed E-state index contributed by atoms with van der Waals surface area (Å²) in [4.78, 5) is 28.0. The molecule has 3 aromatic heterocycles. The Bertz CT molecular complexity index is 2470. The zero-order valence-corrected chi connectivity index (χ0v) is 40.6. The Morgan fingerprint density at radius 3 is 1.84 bits per heavy atom. The van der Waals surface area contributed by atoms with Crippen LogP contribution in [0.4, 0.5) is 0 Å². The maximum Gasteiger partial charge on any atom is 0.330 e. The van der Waals surface area contributed by atoms with Crippen molar-refractivity contribution in [1.29, 1.82) is 0 Å².